The van der Waals surface area contributed by atoms with Crippen LogP contribution in [0.25, 0.3) is 0 Å². The number of halogens is 4. The Morgan fingerprint density at radius 3 is 2.68 bits per heavy atom. The summed E-state index contributed by atoms with van der Waals surface area (Å²) in [4.78, 5) is 24.8. The van der Waals surface area contributed by atoms with Gasteiger partial charge in [0.25, 0.3) is 0 Å². The monoisotopic (exact) mass is 334 g/mol. The third-order valence-corrected chi connectivity index (χ3v) is 4.00. The van der Waals surface area contributed by atoms with Gasteiger partial charge in [-0.3, -0.25) is 9.59 Å². The van der Waals surface area contributed by atoms with Gasteiger partial charge < -0.3 is 10.2 Å². The summed E-state index contributed by atoms with van der Waals surface area (Å²) >= 11 is 5.75. The summed E-state index contributed by atoms with van der Waals surface area (Å²) in [5.74, 6) is -0.981. The minimum Gasteiger partial charge on any atom is -0.352 e. The van der Waals surface area contributed by atoms with Crippen LogP contribution in [0.4, 0.5) is 13.2 Å². The Hall–Kier alpha value is -1.76. The van der Waals surface area contributed by atoms with Gasteiger partial charge in [-0.05, 0) is 11.6 Å². The van der Waals surface area contributed by atoms with E-state index in [1.165, 1.54) is 17.0 Å². The Balaban J connectivity index is 2.03. The zero-order valence-electron chi connectivity index (χ0n) is 11.7. The van der Waals surface area contributed by atoms with Gasteiger partial charge in [0, 0.05) is 26.6 Å². The van der Waals surface area contributed by atoms with Gasteiger partial charge in [0.2, 0.25) is 11.8 Å². The fourth-order valence-electron chi connectivity index (χ4n) is 2.30. The van der Waals surface area contributed by atoms with E-state index < -0.39 is 22.7 Å². The molecule has 1 N–H and O–H groups in total. The van der Waals surface area contributed by atoms with E-state index in [9.17, 15) is 22.8 Å². The molecule has 2 amide bonds. The van der Waals surface area contributed by atoms with E-state index in [0.29, 0.717) is 6.54 Å². The second kappa shape index (κ2) is 6.16. The highest BCUT2D eigenvalue weighted by Crippen LogP contribution is 2.36. The number of carbonyl (C=O) groups excluding carboxylic acids is 2. The molecular weight excluding hydrogens is 321 g/mol. The van der Waals surface area contributed by atoms with Crippen molar-refractivity contribution in [2.75, 3.05) is 13.6 Å². The Morgan fingerprint density at radius 1 is 1.45 bits per heavy atom. The minimum atomic E-state index is -4.54. The molecule has 120 valence electrons. The van der Waals surface area contributed by atoms with E-state index in [0.717, 1.165) is 6.07 Å². The fraction of sp³-hybridized carbons (Fsp3) is 0.429. The van der Waals surface area contributed by atoms with E-state index in [2.05, 4.69) is 5.32 Å². The normalized spacial score (nSPS) is 18.7. The molecule has 4 nitrogen and oxygen atoms in total. The van der Waals surface area contributed by atoms with Gasteiger partial charge in [0.05, 0.1) is 16.5 Å². The van der Waals surface area contributed by atoms with Crippen molar-refractivity contribution in [2.24, 2.45) is 5.92 Å². The molecule has 8 heteroatoms. The average Bonchev–Trinajstić information content (AvgIpc) is 2.76. The van der Waals surface area contributed by atoms with Crippen LogP contribution in [0.3, 0.4) is 0 Å². The lowest BCUT2D eigenvalue weighted by atomic mass is 10.1. The van der Waals surface area contributed by atoms with Crippen LogP contribution in [-0.2, 0) is 22.3 Å². The SMILES string of the molecule is CN1C[C@@H](C(=O)NCc2cccc(C(F)(F)F)c2Cl)CC1=O. The number of likely N-dealkylation sites (tertiary alicyclic amines) is 1. The molecule has 0 aromatic heterocycles. The molecule has 0 spiro atoms. The van der Waals surface area contributed by atoms with Gasteiger partial charge in [0.1, 0.15) is 0 Å². The highest BCUT2D eigenvalue weighted by atomic mass is 35.5. The molecule has 2 rings (SSSR count). The molecule has 1 atom stereocenters. The quantitative estimate of drug-likeness (QED) is 0.923. The number of benzene rings is 1. The van der Waals surface area contributed by atoms with Crippen LogP contribution in [0.15, 0.2) is 18.2 Å². The van der Waals surface area contributed by atoms with E-state index in [-0.39, 0.29) is 30.3 Å². The van der Waals surface area contributed by atoms with Crippen molar-refractivity contribution in [1.29, 1.82) is 0 Å². The second-order valence-corrected chi connectivity index (χ2v) is 5.55. The number of nitrogens with one attached hydrogen (secondary N) is 1. The van der Waals surface area contributed by atoms with Crippen molar-refractivity contribution >= 4 is 23.4 Å². The maximum atomic E-state index is 12.7. The molecule has 22 heavy (non-hydrogen) atoms. The van der Waals surface area contributed by atoms with Crippen LogP contribution >= 0.6 is 11.6 Å². The lowest BCUT2D eigenvalue weighted by Crippen LogP contribution is -2.32. The molecule has 1 aromatic carbocycles. The largest absolute Gasteiger partial charge is 0.417 e. The Kier molecular flexibility index (Phi) is 4.65. The zero-order chi connectivity index (χ0) is 16.5. The fourth-order valence-corrected chi connectivity index (χ4v) is 2.60. The van der Waals surface area contributed by atoms with Crippen molar-refractivity contribution in [2.45, 2.75) is 19.1 Å². The topological polar surface area (TPSA) is 49.4 Å². The van der Waals surface area contributed by atoms with Crippen molar-refractivity contribution in [3.63, 3.8) is 0 Å². The molecule has 1 saturated heterocycles. The molecular formula is C14H14ClF3N2O2. The Labute approximate surface area is 130 Å². The molecule has 1 aromatic rings. The summed E-state index contributed by atoms with van der Waals surface area (Å²) < 4.78 is 38.2. The number of hydrogen-bond donors (Lipinski definition) is 1. The maximum Gasteiger partial charge on any atom is 0.417 e. The van der Waals surface area contributed by atoms with Gasteiger partial charge in [-0.2, -0.15) is 13.2 Å². The summed E-state index contributed by atoms with van der Waals surface area (Å²) in [6.45, 7) is 0.191. The third-order valence-electron chi connectivity index (χ3n) is 3.55. The first-order valence-electron chi connectivity index (χ1n) is 6.56. The number of rotatable bonds is 3. The van der Waals surface area contributed by atoms with Crippen molar-refractivity contribution in [3.05, 3.63) is 34.3 Å². The predicted molar refractivity (Wildman–Crippen MR) is 74.0 cm³/mol. The van der Waals surface area contributed by atoms with Gasteiger partial charge in [-0.1, -0.05) is 23.7 Å². The standard InChI is InChI=1S/C14H14ClF3N2O2/c1-20-7-9(5-11(20)21)13(22)19-6-8-3-2-4-10(12(8)15)14(16,17)18/h2-4,9H,5-7H2,1H3,(H,19,22)/t9-/m0/s1. The maximum absolute atomic E-state index is 12.7. The first kappa shape index (κ1) is 16.6. The number of carbonyl (C=O) groups is 2. The minimum absolute atomic E-state index is 0.110. The van der Waals surface area contributed by atoms with Crippen LogP contribution in [0.1, 0.15) is 17.5 Å². The number of alkyl halides is 3. The first-order chi connectivity index (χ1) is 10.2. The van der Waals surface area contributed by atoms with E-state index in [4.69, 9.17) is 11.6 Å². The van der Waals surface area contributed by atoms with Gasteiger partial charge in [0.15, 0.2) is 0 Å². The Bertz CT molecular complexity index is 604. The van der Waals surface area contributed by atoms with E-state index in [1.807, 2.05) is 0 Å². The average molecular weight is 335 g/mol. The highest BCUT2D eigenvalue weighted by molar-refractivity contribution is 6.32. The molecule has 0 saturated carbocycles. The zero-order valence-corrected chi connectivity index (χ0v) is 12.5. The van der Waals surface area contributed by atoms with Gasteiger partial charge in [-0.25, -0.2) is 0 Å². The van der Waals surface area contributed by atoms with Crippen LogP contribution in [0, 0.1) is 5.92 Å². The lowest BCUT2D eigenvalue weighted by molar-refractivity contribution is -0.137. The van der Waals surface area contributed by atoms with Crippen molar-refractivity contribution < 1.29 is 22.8 Å². The van der Waals surface area contributed by atoms with Crippen molar-refractivity contribution in [3.8, 4) is 0 Å². The van der Waals surface area contributed by atoms with E-state index in [1.54, 1.807) is 7.05 Å². The second-order valence-electron chi connectivity index (χ2n) is 5.17. The highest BCUT2D eigenvalue weighted by Gasteiger charge is 2.34. The predicted octanol–water partition coefficient (Wildman–Crippen LogP) is 2.45. The molecule has 1 fully saturated rings. The number of nitrogens with zero attached hydrogens (tertiary/aromatic N) is 1. The van der Waals surface area contributed by atoms with Crippen molar-refractivity contribution in [1.82, 2.24) is 10.2 Å². The Morgan fingerprint density at radius 2 is 2.14 bits per heavy atom. The first-order valence-corrected chi connectivity index (χ1v) is 6.94. The van der Waals surface area contributed by atoms with Crippen LogP contribution < -0.4 is 5.32 Å². The van der Waals surface area contributed by atoms with Gasteiger partial charge >= 0.3 is 6.18 Å². The molecule has 0 bridgehead atoms. The molecule has 1 heterocycles. The molecule has 0 radical (unpaired) electrons. The molecule has 0 aliphatic carbocycles. The third kappa shape index (κ3) is 3.52. The summed E-state index contributed by atoms with van der Waals surface area (Å²) in [6, 6.07) is 3.55. The van der Waals surface area contributed by atoms with Crippen LogP contribution in [0.2, 0.25) is 5.02 Å². The lowest BCUT2D eigenvalue weighted by Gasteiger charge is -2.14. The number of hydrogen-bond acceptors (Lipinski definition) is 2. The van der Waals surface area contributed by atoms with Crippen LogP contribution in [-0.4, -0.2) is 30.3 Å². The smallest absolute Gasteiger partial charge is 0.352 e. The summed E-state index contributed by atoms with van der Waals surface area (Å²) in [5.41, 5.74) is -0.751. The molecule has 0 unspecified atom stereocenters. The summed E-state index contributed by atoms with van der Waals surface area (Å²) in [6.07, 6.45) is -4.43. The molecule has 1 aliphatic heterocycles. The summed E-state index contributed by atoms with van der Waals surface area (Å²) in [5, 5.41) is 2.11. The van der Waals surface area contributed by atoms with Gasteiger partial charge in [-0.15, -0.1) is 0 Å². The van der Waals surface area contributed by atoms with Crippen LogP contribution in [0.5, 0.6) is 0 Å². The number of amides is 2. The van der Waals surface area contributed by atoms with E-state index >= 15 is 0 Å². The summed E-state index contributed by atoms with van der Waals surface area (Å²) in [7, 11) is 1.60. The molecule has 1 aliphatic rings.